The lowest BCUT2D eigenvalue weighted by Crippen LogP contribution is -2.36. The Morgan fingerprint density at radius 2 is 2.11 bits per heavy atom. The lowest BCUT2D eigenvalue weighted by Gasteiger charge is -2.28. The van der Waals surface area contributed by atoms with Gasteiger partial charge in [-0.05, 0) is 43.6 Å². The van der Waals surface area contributed by atoms with E-state index in [9.17, 15) is 4.79 Å². The zero-order chi connectivity index (χ0) is 19.2. The minimum atomic E-state index is -0.00878. The smallest absolute Gasteiger partial charge is 0.227 e. The second-order valence-electron chi connectivity index (χ2n) is 7.32. The van der Waals surface area contributed by atoms with Crippen molar-refractivity contribution in [3.63, 3.8) is 0 Å². The first-order chi connectivity index (χ1) is 13.0. The van der Waals surface area contributed by atoms with Gasteiger partial charge in [0.25, 0.3) is 0 Å². The number of amides is 1. The molecule has 1 fully saturated rings. The molecule has 2 aromatic rings. The Kier molecular flexibility index (Phi) is 6.85. The maximum atomic E-state index is 12.3. The van der Waals surface area contributed by atoms with Gasteiger partial charge in [-0.15, -0.1) is 0 Å². The second kappa shape index (κ2) is 9.33. The van der Waals surface area contributed by atoms with Gasteiger partial charge in [0.15, 0.2) is 5.82 Å². The lowest BCUT2D eigenvalue weighted by atomic mass is 10.1. The highest BCUT2D eigenvalue weighted by molar-refractivity contribution is 6.30. The van der Waals surface area contributed by atoms with Crippen molar-refractivity contribution in [1.29, 1.82) is 0 Å². The molecule has 1 aromatic heterocycles. The summed E-state index contributed by atoms with van der Waals surface area (Å²) in [5.74, 6) is 1.40. The molecule has 146 valence electrons. The molecule has 2 heterocycles. The predicted molar refractivity (Wildman–Crippen MR) is 105 cm³/mol. The molecule has 1 aliphatic rings. The van der Waals surface area contributed by atoms with Crippen LogP contribution in [0.25, 0.3) is 0 Å². The fourth-order valence-corrected chi connectivity index (χ4v) is 3.55. The van der Waals surface area contributed by atoms with Crippen molar-refractivity contribution in [3.05, 3.63) is 46.6 Å². The number of benzene rings is 1. The predicted octanol–water partition coefficient (Wildman–Crippen LogP) is 3.73. The van der Waals surface area contributed by atoms with Gasteiger partial charge in [0.05, 0.1) is 6.04 Å². The van der Waals surface area contributed by atoms with Gasteiger partial charge in [-0.25, -0.2) is 0 Å². The van der Waals surface area contributed by atoms with Crippen molar-refractivity contribution in [3.8, 4) is 0 Å². The summed E-state index contributed by atoms with van der Waals surface area (Å²) in [6, 6.07) is 8.05. The average Bonchev–Trinajstić information content (AvgIpc) is 3.32. The van der Waals surface area contributed by atoms with E-state index in [0.29, 0.717) is 31.1 Å². The molecule has 1 saturated heterocycles. The number of hydrogen-bond acceptors (Lipinski definition) is 5. The lowest BCUT2D eigenvalue weighted by molar-refractivity contribution is -0.121. The average molecular weight is 391 g/mol. The van der Waals surface area contributed by atoms with Crippen LogP contribution >= 0.6 is 11.6 Å². The third-order valence-corrected chi connectivity index (χ3v) is 5.11. The first-order valence-electron chi connectivity index (χ1n) is 9.61. The van der Waals surface area contributed by atoms with Crippen LogP contribution in [0, 0.1) is 0 Å². The molecule has 7 heteroatoms. The van der Waals surface area contributed by atoms with Crippen LogP contribution < -0.4 is 5.32 Å². The summed E-state index contributed by atoms with van der Waals surface area (Å²) >= 11 is 6.17. The number of nitrogens with one attached hydrogen (secondary N) is 1. The van der Waals surface area contributed by atoms with Crippen LogP contribution in [-0.4, -0.2) is 40.6 Å². The van der Waals surface area contributed by atoms with Gasteiger partial charge < -0.3 is 9.84 Å². The first-order valence-corrected chi connectivity index (χ1v) is 9.99. The molecule has 0 bridgehead atoms. The summed E-state index contributed by atoms with van der Waals surface area (Å²) in [5, 5.41) is 7.72. The fraction of sp³-hybridized carbons (Fsp3) is 0.550. The number of nitrogens with zero attached hydrogens (tertiary/aromatic N) is 3. The van der Waals surface area contributed by atoms with E-state index in [1.807, 2.05) is 32.0 Å². The monoisotopic (exact) mass is 390 g/mol. The maximum absolute atomic E-state index is 12.3. The van der Waals surface area contributed by atoms with E-state index in [2.05, 4.69) is 26.4 Å². The normalized spacial score (nSPS) is 16.0. The van der Waals surface area contributed by atoms with Crippen LogP contribution in [0.2, 0.25) is 5.02 Å². The number of likely N-dealkylation sites (tertiary alicyclic amines) is 1. The standard InChI is InChI=1S/C20H27ClN4O2/c1-14(2)20-23-19(27-24-20)9-8-18(26)22-13-17(25-10-3-4-11-25)15-6-5-7-16(21)12-15/h5-7,12,14,17H,3-4,8-11,13H2,1-2H3,(H,22,26). The van der Waals surface area contributed by atoms with Crippen molar-refractivity contribution in [2.75, 3.05) is 19.6 Å². The minimum Gasteiger partial charge on any atom is -0.354 e. The third kappa shape index (κ3) is 5.53. The molecule has 3 rings (SSSR count). The van der Waals surface area contributed by atoms with Gasteiger partial charge >= 0.3 is 0 Å². The molecule has 1 aliphatic heterocycles. The molecule has 1 N–H and O–H groups in total. The molecule has 0 spiro atoms. The Morgan fingerprint density at radius 3 is 2.78 bits per heavy atom. The van der Waals surface area contributed by atoms with Gasteiger partial charge in [0, 0.05) is 30.3 Å². The minimum absolute atomic E-state index is 0.00878. The molecule has 0 saturated carbocycles. The van der Waals surface area contributed by atoms with E-state index in [-0.39, 0.29) is 17.9 Å². The zero-order valence-corrected chi connectivity index (χ0v) is 16.7. The SMILES string of the molecule is CC(C)c1noc(CCC(=O)NCC(c2cccc(Cl)c2)N2CCCC2)n1. The Bertz CT molecular complexity index is 756. The van der Waals surface area contributed by atoms with Crippen LogP contribution in [0.3, 0.4) is 0 Å². The molecule has 1 amide bonds. The number of carbonyl (C=O) groups is 1. The summed E-state index contributed by atoms with van der Waals surface area (Å²) in [6.07, 6.45) is 3.18. The molecule has 1 aromatic carbocycles. The Hall–Kier alpha value is -1.92. The van der Waals surface area contributed by atoms with E-state index < -0.39 is 0 Å². The number of hydrogen-bond donors (Lipinski definition) is 1. The number of carbonyl (C=O) groups excluding carboxylic acids is 1. The Labute approximate surface area is 165 Å². The summed E-state index contributed by atoms with van der Waals surface area (Å²) in [6.45, 7) is 6.69. The van der Waals surface area contributed by atoms with Crippen LogP contribution in [0.15, 0.2) is 28.8 Å². The van der Waals surface area contributed by atoms with Gasteiger partial charge in [0.2, 0.25) is 11.8 Å². The third-order valence-electron chi connectivity index (χ3n) is 4.87. The van der Waals surface area contributed by atoms with Crippen molar-refractivity contribution < 1.29 is 9.32 Å². The van der Waals surface area contributed by atoms with Gasteiger partial charge in [-0.2, -0.15) is 4.98 Å². The number of rotatable bonds is 8. The van der Waals surface area contributed by atoms with E-state index >= 15 is 0 Å². The summed E-state index contributed by atoms with van der Waals surface area (Å²) in [5.41, 5.74) is 1.14. The summed E-state index contributed by atoms with van der Waals surface area (Å²) in [7, 11) is 0. The quantitative estimate of drug-likeness (QED) is 0.743. The topological polar surface area (TPSA) is 71.3 Å². The number of halogens is 1. The van der Waals surface area contributed by atoms with Crippen LogP contribution in [0.5, 0.6) is 0 Å². The van der Waals surface area contributed by atoms with E-state index in [1.54, 1.807) is 0 Å². The molecular formula is C20H27ClN4O2. The van der Waals surface area contributed by atoms with Crippen LogP contribution in [-0.2, 0) is 11.2 Å². The van der Waals surface area contributed by atoms with Gasteiger partial charge in [0.1, 0.15) is 0 Å². The number of aromatic nitrogens is 2. The van der Waals surface area contributed by atoms with E-state index in [1.165, 1.54) is 12.8 Å². The highest BCUT2D eigenvalue weighted by Gasteiger charge is 2.24. The van der Waals surface area contributed by atoms with Crippen molar-refractivity contribution >= 4 is 17.5 Å². The van der Waals surface area contributed by atoms with Gasteiger partial charge in [-0.1, -0.05) is 42.7 Å². The molecule has 0 radical (unpaired) electrons. The van der Waals surface area contributed by atoms with Gasteiger partial charge in [-0.3, -0.25) is 9.69 Å². The highest BCUT2D eigenvalue weighted by atomic mass is 35.5. The molecule has 27 heavy (non-hydrogen) atoms. The Morgan fingerprint density at radius 1 is 1.33 bits per heavy atom. The molecule has 6 nitrogen and oxygen atoms in total. The van der Waals surface area contributed by atoms with Crippen molar-refractivity contribution in [1.82, 2.24) is 20.4 Å². The summed E-state index contributed by atoms with van der Waals surface area (Å²) in [4.78, 5) is 19.1. The molecule has 0 aliphatic carbocycles. The zero-order valence-electron chi connectivity index (χ0n) is 15.9. The van der Waals surface area contributed by atoms with Crippen molar-refractivity contribution in [2.24, 2.45) is 0 Å². The maximum Gasteiger partial charge on any atom is 0.227 e. The number of aryl methyl sites for hydroxylation is 1. The summed E-state index contributed by atoms with van der Waals surface area (Å²) < 4.78 is 5.20. The molecule has 1 atom stereocenters. The molecule has 1 unspecified atom stereocenters. The first kappa shape index (κ1) is 19.8. The highest BCUT2D eigenvalue weighted by Crippen LogP contribution is 2.26. The van der Waals surface area contributed by atoms with E-state index in [0.717, 1.165) is 23.7 Å². The van der Waals surface area contributed by atoms with Crippen LogP contribution in [0.4, 0.5) is 0 Å². The Balaban J connectivity index is 1.55. The van der Waals surface area contributed by atoms with E-state index in [4.69, 9.17) is 16.1 Å². The largest absolute Gasteiger partial charge is 0.354 e. The molecular weight excluding hydrogens is 364 g/mol. The fourth-order valence-electron chi connectivity index (χ4n) is 3.35. The van der Waals surface area contributed by atoms with Crippen LogP contribution in [0.1, 0.15) is 62.3 Å². The van der Waals surface area contributed by atoms with Crippen molar-refractivity contribution in [2.45, 2.75) is 51.5 Å². The second-order valence-corrected chi connectivity index (χ2v) is 7.76.